The van der Waals surface area contributed by atoms with E-state index in [9.17, 15) is 9.59 Å². The van der Waals surface area contributed by atoms with E-state index in [-0.39, 0.29) is 11.5 Å². The van der Waals surface area contributed by atoms with Gasteiger partial charge in [-0.25, -0.2) is 0 Å². The minimum Gasteiger partial charge on any atom is -0.486 e. The Hall–Kier alpha value is -3.32. The zero-order valence-corrected chi connectivity index (χ0v) is 17.1. The number of rotatable bonds is 4. The smallest absolute Gasteiger partial charge is 0.259 e. The SMILES string of the molecule is O=C(Nc1cccc2c(=O)n(CC3CCOCC3)ccc12)c1cccc2c1OCCO2. The number of pyridine rings is 1. The maximum absolute atomic E-state index is 13.1. The number of carbonyl (C=O) groups excluding carboxylic acids is 1. The van der Waals surface area contributed by atoms with Crippen LogP contribution in [0.25, 0.3) is 10.8 Å². The van der Waals surface area contributed by atoms with Crippen molar-refractivity contribution in [1.29, 1.82) is 0 Å². The summed E-state index contributed by atoms with van der Waals surface area (Å²) in [6, 6.07) is 12.5. The standard InChI is InChI=1S/C24H24N2O5/c27-23(19-4-2-6-21-22(19)31-14-13-30-21)25-20-5-1-3-18-17(20)7-10-26(24(18)28)15-16-8-11-29-12-9-16/h1-7,10,16H,8-9,11-15H2,(H,25,27). The van der Waals surface area contributed by atoms with E-state index in [0.717, 1.165) is 26.1 Å². The zero-order valence-electron chi connectivity index (χ0n) is 17.1. The summed E-state index contributed by atoms with van der Waals surface area (Å²) in [7, 11) is 0. The van der Waals surface area contributed by atoms with Crippen LogP contribution in [-0.2, 0) is 11.3 Å². The minimum atomic E-state index is -0.304. The van der Waals surface area contributed by atoms with Crippen LogP contribution < -0.4 is 20.3 Å². The highest BCUT2D eigenvalue weighted by Gasteiger charge is 2.21. The van der Waals surface area contributed by atoms with Crippen LogP contribution in [0, 0.1) is 5.92 Å². The predicted molar refractivity (Wildman–Crippen MR) is 117 cm³/mol. The molecule has 3 aromatic rings. The van der Waals surface area contributed by atoms with E-state index < -0.39 is 0 Å². The van der Waals surface area contributed by atoms with Crippen LogP contribution in [0.1, 0.15) is 23.2 Å². The highest BCUT2D eigenvalue weighted by molar-refractivity contribution is 6.10. The first-order valence-corrected chi connectivity index (χ1v) is 10.6. The van der Waals surface area contributed by atoms with E-state index in [1.54, 1.807) is 41.0 Å². The molecular formula is C24H24N2O5. The molecule has 1 N–H and O–H groups in total. The van der Waals surface area contributed by atoms with Crippen LogP contribution in [0.15, 0.2) is 53.5 Å². The summed E-state index contributed by atoms with van der Waals surface area (Å²) in [6.07, 6.45) is 3.75. The number of nitrogens with zero attached hydrogens (tertiary/aromatic N) is 1. The molecule has 0 saturated carbocycles. The normalized spacial score (nSPS) is 16.3. The summed E-state index contributed by atoms with van der Waals surface area (Å²) in [5.41, 5.74) is 0.947. The molecule has 0 atom stereocenters. The number of ether oxygens (including phenoxy) is 3. The van der Waals surface area contributed by atoms with Crippen molar-refractivity contribution >= 4 is 22.4 Å². The number of para-hydroxylation sites is 1. The molecule has 0 radical (unpaired) electrons. The molecule has 31 heavy (non-hydrogen) atoms. The molecule has 0 bridgehead atoms. The fourth-order valence-corrected chi connectivity index (χ4v) is 4.22. The maximum atomic E-state index is 13.1. The number of anilines is 1. The van der Waals surface area contributed by atoms with Crippen LogP contribution >= 0.6 is 0 Å². The van der Waals surface area contributed by atoms with Gasteiger partial charge in [-0.3, -0.25) is 9.59 Å². The highest BCUT2D eigenvalue weighted by Crippen LogP contribution is 2.34. The van der Waals surface area contributed by atoms with Gasteiger partial charge in [0.2, 0.25) is 0 Å². The average Bonchev–Trinajstić information content (AvgIpc) is 2.81. The molecule has 3 heterocycles. The second-order valence-corrected chi connectivity index (χ2v) is 7.88. The Labute approximate surface area is 179 Å². The van der Waals surface area contributed by atoms with Gasteiger partial charge >= 0.3 is 0 Å². The molecule has 2 aliphatic rings. The van der Waals surface area contributed by atoms with E-state index in [4.69, 9.17) is 14.2 Å². The fraction of sp³-hybridized carbons (Fsp3) is 0.333. The van der Waals surface area contributed by atoms with Gasteiger partial charge in [0.05, 0.1) is 5.56 Å². The number of aromatic nitrogens is 1. The molecule has 7 nitrogen and oxygen atoms in total. The van der Waals surface area contributed by atoms with Gasteiger partial charge in [-0.2, -0.15) is 0 Å². The Morgan fingerprint density at radius 2 is 1.77 bits per heavy atom. The summed E-state index contributed by atoms with van der Waals surface area (Å²) in [6.45, 7) is 3.05. The molecule has 1 aromatic heterocycles. The van der Waals surface area contributed by atoms with Crippen molar-refractivity contribution in [1.82, 2.24) is 4.57 Å². The van der Waals surface area contributed by atoms with Crippen molar-refractivity contribution in [2.75, 3.05) is 31.7 Å². The number of fused-ring (bicyclic) bond motifs is 2. The van der Waals surface area contributed by atoms with Crippen molar-refractivity contribution in [3.63, 3.8) is 0 Å². The molecule has 1 amide bonds. The molecular weight excluding hydrogens is 396 g/mol. The molecule has 5 rings (SSSR count). The number of carbonyl (C=O) groups is 1. The van der Waals surface area contributed by atoms with Gasteiger partial charge in [0.25, 0.3) is 11.5 Å². The molecule has 7 heteroatoms. The number of amides is 1. The van der Waals surface area contributed by atoms with E-state index in [1.165, 1.54) is 0 Å². The monoisotopic (exact) mass is 420 g/mol. The molecule has 2 aliphatic heterocycles. The Balaban J connectivity index is 1.44. The third-order valence-electron chi connectivity index (χ3n) is 5.87. The van der Waals surface area contributed by atoms with Crippen molar-refractivity contribution in [2.24, 2.45) is 5.92 Å². The summed E-state index contributed by atoms with van der Waals surface area (Å²) in [4.78, 5) is 26.1. The second-order valence-electron chi connectivity index (χ2n) is 7.88. The van der Waals surface area contributed by atoms with Crippen molar-refractivity contribution < 1.29 is 19.0 Å². The molecule has 1 saturated heterocycles. The van der Waals surface area contributed by atoms with Gasteiger partial charge in [0.1, 0.15) is 13.2 Å². The van der Waals surface area contributed by atoms with Gasteiger partial charge in [0.15, 0.2) is 11.5 Å². The van der Waals surface area contributed by atoms with Gasteiger partial charge < -0.3 is 24.1 Å². The molecule has 0 spiro atoms. The largest absolute Gasteiger partial charge is 0.486 e. The maximum Gasteiger partial charge on any atom is 0.259 e. The second kappa shape index (κ2) is 8.43. The van der Waals surface area contributed by atoms with Gasteiger partial charge in [-0.05, 0) is 49.1 Å². The first kappa shape index (κ1) is 19.6. The summed E-state index contributed by atoms with van der Waals surface area (Å²) in [5.74, 6) is 1.15. The quantitative estimate of drug-likeness (QED) is 0.699. The highest BCUT2D eigenvalue weighted by atomic mass is 16.6. The third-order valence-corrected chi connectivity index (χ3v) is 5.87. The Bertz CT molecular complexity index is 1180. The average molecular weight is 420 g/mol. The van der Waals surface area contributed by atoms with Crippen molar-refractivity contribution in [3.05, 3.63) is 64.6 Å². The molecule has 0 unspecified atom stereocenters. The molecule has 160 valence electrons. The van der Waals surface area contributed by atoms with E-state index in [1.807, 2.05) is 12.3 Å². The third kappa shape index (κ3) is 3.88. The van der Waals surface area contributed by atoms with Gasteiger partial charge in [-0.1, -0.05) is 12.1 Å². The Morgan fingerprint density at radius 3 is 2.65 bits per heavy atom. The lowest BCUT2D eigenvalue weighted by Crippen LogP contribution is -2.27. The van der Waals surface area contributed by atoms with Gasteiger partial charge in [-0.15, -0.1) is 0 Å². The van der Waals surface area contributed by atoms with Crippen LogP contribution in [0.5, 0.6) is 11.5 Å². The Morgan fingerprint density at radius 1 is 0.968 bits per heavy atom. The first-order chi connectivity index (χ1) is 15.2. The Kier molecular flexibility index (Phi) is 5.34. The van der Waals surface area contributed by atoms with Crippen LogP contribution in [-0.4, -0.2) is 36.9 Å². The molecule has 2 aromatic carbocycles. The first-order valence-electron chi connectivity index (χ1n) is 10.6. The lowest BCUT2D eigenvalue weighted by atomic mass is 10.00. The number of hydrogen-bond acceptors (Lipinski definition) is 5. The lowest BCUT2D eigenvalue weighted by molar-refractivity contribution is 0.0610. The molecule has 1 fully saturated rings. The number of nitrogens with one attached hydrogen (secondary N) is 1. The summed E-state index contributed by atoms with van der Waals surface area (Å²) < 4.78 is 18.4. The lowest BCUT2D eigenvalue weighted by Gasteiger charge is -2.23. The predicted octanol–water partition coefficient (Wildman–Crippen LogP) is 3.45. The fourth-order valence-electron chi connectivity index (χ4n) is 4.22. The summed E-state index contributed by atoms with van der Waals surface area (Å²) >= 11 is 0. The topological polar surface area (TPSA) is 78.8 Å². The van der Waals surface area contributed by atoms with E-state index >= 15 is 0 Å². The molecule has 0 aliphatic carbocycles. The zero-order chi connectivity index (χ0) is 21.2. The van der Waals surface area contributed by atoms with Crippen LogP contribution in [0.4, 0.5) is 5.69 Å². The summed E-state index contributed by atoms with van der Waals surface area (Å²) in [5, 5.41) is 4.24. The van der Waals surface area contributed by atoms with Crippen molar-refractivity contribution in [2.45, 2.75) is 19.4 Å². The van der Waals surface area contributed by atoms with E-state index in [2.05, 4.69) is 5.32 Å². The van der Waals surface area contributed by atoms with E-state index in [0.29, 0.717) is 59.2 Å². The number of benzene rings is 2. The van der Waals surface area contributed by atoms with Gasteiger partial charge in [0, 0.05) is 42.4 Å². The number of hydrogen-bond donors (Lipinski definition) is 1. The van der Waals surface area contributed by atoms with Crippen LogP contribution in [0.2, 0.25) is 0 Å². The minimum absolute atomic E-state index is 0.0473. The van der Waals surface area contributed by atoms with Crippen LogP contribution in [0.3, 0.4) is 0 Å². The van der Waals surface area contributed by atoms with Crippen molar-refractivity contribution in [3.8, 4) is 11.5 Å².